The maximum atomic E-state index is 13.5. The zero-order valence-corrected chi connectivity index (χ0v) is 15.6. The Labute approximate surface area is 173 Å². The Morgan fingerprint density at radius 1 is 1.16 bits per heavy atom. The number of imide groups is 1. The minimum atomic E-state index is -4.78. The summed E-state index contributed by atoms with van der Waals surface area (Å²) in [7, 11) is 0. The third kappa shape index (κ3) is 5.39. The average molecular weight is 436 g/mol. The number of nitrogens with one attached hydrogen (secondary N) is 1. The van der Waals surface area contributed by atoms with Gasteiger partial charge in [-0.3, -0.25) is 14.9 Å². The summed E-state index contributed by atoms with van der Waals surface area (Å²) in [6.45, 7) is 0. The van der Waals surface area contributed by atoms with E-state index in [0.717, 1.165) is 18.2 Å². The van der Waals surface area contributed by atoms with E-state index < -0.39 is 47.1 Å². The number of hydrogen-bond donors (Lipinski definition) is 3. The topological polar surface area (TPSA) is 128 Å². The summed E-state index contributed by atoms with van der Waals surface area (Å²) in [5.41, 5.74) is 4.59. The van der Waals surface area contributed by atoms with E-state index in [1.807, 2.05) is 0 Å². The molecule has 162 valence electrons. The van der Waals surface area contributed by atoms with Crippen molar-refractivity contribution in [3.63, 3.8) is 0 Å². The van der Waals surface area contributed by atoms with Gasteiger partial charge in [-0.05, 0) is 47.9 Å². The molecule has 1 heterocycles. The summed E-state index contributed by atoms with van der Waals surface area (Å²) in [5, 5.41) is 10.6. The third-order valence-corrected chi connectivity index (χ3v) is 4.19. The van der Waals surface area contributed by atoms with E-state index in [4.69, 9.17) is 15.6 Å². The fourth-order valence-electron chi connectivity index (χ4n) is 2.70. The molecular weight excluding hydrogens is 421 g/mol. The number of amides is 2. The number of nitrogens with two attached hydrogens (primary N) is 1. The van der Waals surface area contributed by atoms with E-state index in [0.29, 0.717) is 5.56 Å². The zero-order chi connectivity index (χ0) is 22.8. The van der Waals surface area contributed by atoms with Crippen LogP contribution < -0.4 is 15.8 Å². The number of carbonyl (C=O) groups is 3. The van der Waals surface area contributed by atoms with Crippen molar-refractivity contribution in [2.45, 2.75) is 18.6 Å². The molecule has 1 aliphatic heterocycles. The molecule has 2 amide bonds. The van der Waals surface area contributed by atoms with Crippen molar-refractivity contribution in [1.29, 1.82) is 0 Å². The van der Waals surface area contributed by atoms with Crippen LogP contribution in [-0.4, -0.2) is 29.1 Å². The van der Waals surface area contributed by atoms with Crippen molar-refractivity contribution in [3.8, 4) is 11.5 Å². The van der Waals surface area contributed by atoms with Crippen molar-refractivity contribution >= 4 is 24.0 Å². The number of benzene rings is 2. The van der Waals surface area contributed by atoms with Crippen molar-refractivity contribution < 1.29 is 42.1 Å². The average Bonchev–Trinajstić information content (AvgIpc) is 3.00. The molecule has 0 spiro atoms. The number of aliphatic carboxylic acids is 1. The first-order valence-electron chi connectivity index (χ1n) is 8.74. The molecule has 31 heavy (non-hydrogen) atoms. The molecule has 0 radical (unpaired) electrons. The summed E-state index contributed by atoms with van der Waals surface area (Å²) >= 11 is 0. The van der Waals surface area contributed by atoms with E-state index >= 15 is 0 Å². The Hall–Kier alpha value is -3.86. The number of alkyl carbamates (subject to hydrolysis) is 1. The van der Waals surface area contributed by atoms with Gasteiger partial charge in [-0.15, -0.1) is 0 Å². The molecule has 4 N–H and O–H groups in total. The molecule has 11 heteroatoms. The van der Waals surface area contributed by atoms with Crippen LogP contribution >= 0.6 is 0 Å². The van der Waals surface area contributed by atoms with Crippen LogP contribution in [0.5, 0.6) is 11.5 Å². The second-order valence-corrected chi connectivity index (χ2v) is 6.49. The lowest BCUT2D eigenvalue weighted by Crippen LogP contribution is -2.32. The van der Waals surface area contributed by atoms with Gasteiger partial charge in [0.2, 0.25) is 0 Å². The highest BCUT2D eigenvalue weighted by Crippen LogP contribution is 2.36. The summed E-state index contributed by atoms with van der Waals surface area (Å²) in [6, 6.07) is 8.03. The highest BCUT2D eigenvalue weighted by Gasteiger charge is 2.35. The Bertz CT molecular complexity index is 1060. The van der Waals surface area contributed by atoms with Gasteiger partial charge in [0.05, 0.1) is 5.56 Å². The lowest BCUT2D eigenvalue weighted by Gasteiger charge is -2.14. The van der Waals surface area contributed by atoms with Crippen LogP contribution in [0.2, 0.25) is 0 Å². The number of ether oxygens (including phenoxy) is 2. The molecule has 1 unspecified atom stereocenters. The Morgan fingerprint density at radius 2 is 1.81 bits per heavy atom. The first-order valence-corrected chi connectivity index (χ1v) is 8.74. The Kier molecular flexibility index (Phi) is 5.97. The predicted molar refractivity (Wildman–Crippen MR) is 99.9 cm³/mol. The second kappa shape index (κ2) is 8.48. The number of hydrogen-bond acceptors (Lipinski definition) is 6. The van der Waals surface area contributed by atoms with E-state index in [-0.39, 0.29) is 17.9 Å². The zero-order valence-electron chi connectivity index (χ0n) is 15.6. The Morgan fingerprint density at radius 3 is 2.35 bits per heavy atom. The predicted octanol–water partition coefficient (Wildman–Crippen LogP) is 3.06. The van der Waals surface area contributed by atoms with Gasteiger partial charge >= 0.3 is 18.2 Å². The number of alkyl halides is 3. The molecule has 3 rings (SSSR count). The Balaban J connectivity index is 1.83. The molecule has 0 aromatic heterocycles. The van der Waals surface area contributed by atoms with Gasteiger partial charge in [-0.1, -0.05) is 18.2 Å². The summed E-state index contributed by atoms with van der Waals surface area (Å²) in [6.07, 6.45) is -4.96. The van der Waals surface area contributed by atoms with E-state index in [9.17, 15) is 27.6 Å². The molecule has 1 fully saturated rings. The van der Waals surface area contributed by atoms with E-state index in [1.165, 1.54) is 18.2 Å². The molecule has 0 aliphatic carbocycles. The van der Waals surface area contributed by atoms with Crippen molar-refractivity contribution in [2.75, 3.05) is 0 Å². The molecule has 1 aliphatic rings. The molecule has 2 aromatic rings. The summed E-state index contributed by atoms with van der Waals surface area (Å²) in [5.74, 6) is -2.56. The van der Waals surface area contributed by atoms with E-state index in [1.54, 1.807) is 17.4 Å². The lowest BCUT2D eigenvalue weighted by molar-refractivity contribution is -0.139. The first-order chi connectivity index (χ1) is 14.5. The van der Waals surface area contributed by atoms with Gasteiger partial charge in [0.1, 0.15) is 17.5 Å². The van der Waals surface area contributed by atoms with Gasteiger partial charge in [0.15, 0.2) is 5.76 Å². The third-order valence-electron chi connectivity index (χ3n) is 4.19. The van der Waals surface area contributed by atoms with E-state index in [2.05, 4.69) is 4.74 Å². The number of carboxylic acid groups (broad SMARTS) is 1. The fraction of sp³-hybridized carbons (Fsp3) is 0.150. The van der Waals surface area contributed by atoms with Gasteiger partial charge in [-0.25, -0.2) is 4.79 Å². The normalized spacial score (nSPS) is 16.1. The minimum Gasteiger partial charge on any atom is -0.480 e. The van der Waals surface area contributed by atoms with Gasteiger partial charge < -0.3 is 20.3 Å². The smallest absolute Gasteiger partial charge is 0.419 e. The monoisotopic (exact) mass is 436 g/mol. The lowest BCUT2D eigenvalue weighted by atomic mass is 10.1. The maximum Gasteiger partial charge on any atom is 0.419 e. The minimum absolute atomic E-state index is 0.0787. The number of halogens is 3. The fourth-order valence-corrected chi connectivity index (χ4v) is 2.70. The van der Waals surface area contributed by atoms with Crippen LogP contribution in [0.4, 0.5) is 18.0 Å². The molecule has 0 saturated carbocycles. The largest absolute Gasteiger partial charge is 0.480 e. The van der Waals surface area contributed by atoms with Crippen molar-refractivity contribution in [2.24, 2.45) is 5.73 Å². The van der Waals surface area contributed by atoms with Gasteiger partial charge in [0.25, 0.3) is 5.91 Å². The standard InChI is InChI=1S/C20H15F3N2O6/c21-20(22,23)14-9-13(6-3-11(14)8-16-17(26)25-19(29)31-16)30-12-4-1-10(2-5-12)7-15(24)18(27)28/h1-6,8-9,15H,7,24H2,(H,27,28)(H,25,26,29)/b16-8+. The highest BCUT2D eigenvalue weighted by molar-refractivity contribution is 6.09. The molecule has 1 saturated heterocycles. The van der Waals surface area contributed by atoms with Gasteiger partial charge in [0, 0.05) is 0 Å². The number of cyclic esters (lactones) is 1. The molecule has 0 bridgehead atoms. The molecular formula is C20H15F3N2O6. The van der Waals surface area contributed by atoms with Crippen LogP contribution in [0.15, 0.2) is 48.2 Å². The second-order valence-electron chi connectivity index (χ2n) is 6.49. The number of rotatable bonds is 6. The van der Waals surface area contributed by atoms with Gasteiger partial charge in [-0.2, -0.15) is 13.2 Å². The van der Waals surface area contributed by atoms with Crippen LogP contribution in [-0.2, 0) is 26.9 Å². The maximum absolute atomic E-state index is 13.5. The van der Waals surface area contributed by atoms with Crippen LogP contribution in [0, 0.1) is 0 Å². The van der Waals surface area contributed by atoms with Crippen molar-refractivity contribution in [1.82, 2.24) is 5.32 Å². The van der Waals surface area contributed by atoms with Crippen molar-refractivity contribution in [3.05, 3.63) is 64.9 Å². The van der Waals surface area contributed by atoms with Crippen LogP contribution in [0.1, 0.15) is 16.7 Å². The SMILES string of the molecule is NC(Cc1ccc(Oc2ccc(/C=C3/OC(=O)NC3=O)c(C(F)(F)F)c2)cc1)C(=O)O. The highest BCUT2D eigenvalue weighted by atomic mass is 19.4. The summed E-state index contributed by atoms with van der Waals surface area (Å²) < 4.78 is 50.5. The number of carbonyl (C=O) groups excluding carboxylic acids is 2. The quantitative estimate of drug-likeness (QED) is 0.594. The molecule has 2 aromatic carbocycles. The van der Waals surface area contributed by atoms with Crippen LogP contribution in [0.25, 0.3) is 6.08 Å². The number of carboxylic acids is 1. The van der Waals surface area contributed by atoms with Crippen LogP contribution in [0.3, 0.4) is 0 Å². The first kappa shape index (κ1) is 21.8. The molecule has 8 nitrogen and oxygen atoms in total. The molecule has 1 atom stereocenters. The summed E-state index contributed by atoms with van der Waals surface area (Å²) in [4.78, 5) is 33.4.